The maximum absolute atomic E-state index is 13.2. The van der Waals surface area contributed by atoms with Gasteiger partial charge in [-0.25, -0.2) is 4.39 Å². The van der Waals surface area contributed by atoms with Crippen molar-refractivity contribution >= 4 is 17.5 Å². The summed E-state index contributed by atoms with van der Waals surface area (Å²) >= 11 is 5.58. The van der Waals surface area contributed by atoms with Gasteiger partial charge in [0, 0.05) is 6.54 Å². The van der Waals surface area contributed by atoms with E-state index in [2.05, 4.69) is 5.32 Å². The van der Waals surface area contributed by atoms with Crippen LogP contribution in [0.2, 0.25) is 5.02 Å². The van der Waals surface area contributed by atoms with Crippen molar-refractivity contribution in [3.8, 4) is 0 Å². The molecule has 3 N–H and O–H groups in total. The molecule has 0 unspecified atom stereocenters. The number of amides is 1. The topological polar surface area (TPSA) is 55.1 Å². The molecule has 0 heterocycles. The number of nitrogens with two attached hydrogens (primary N) is 1. The number of primary amides is 1. The second kappa shape index (κ2) is 5.47. The molecule has 0 saturated heterocycles. The minimum absolute atomic E-state index is 0.0851. The molecule has 1 amide bonds. The number of hydrogen-bond acceptors (Lipinski definition) is 2. The van der Waals surface area contributed by atoms with Gasteiger partial charge in [-0.3, -0.25) is 10.1 Å². The minimum Gasteiger partial charge on any atom is -0.368 e. The van der Waals surface area contributed by atoms with Crippen LogP contribution in [-0.4, -0.2) is 11.4 Å². The van der Waals surface area contributed by atoms with Crippen LogP contribution >= 0.6 is 11.6 Å². The van der Waals surface area contributed by atoms with Crippen molar-refractivity contribution in [3.63, 3.8) is 0 Å². The molecule has 1 atom stereocenters. The summed E-state index contributed by atoms with van der Waals surface area (Å²) in [4.78, 5) is 11.3. The lowest BCUT2D eigenvalue weighted by Crippen LogP contribution is -2.52. The molecule has 94 valence electrons. The zero-order chi connectivity index (χ0) is 13.1. The molecule has 0 spiro atoms. The average molecular weight is 259 g/mol. The van der Waals surface area contributed by atoms with Crippen LogP contribution in [0, 0.1) is 5.82 Å². The van der Waals surface area contributed by atoms with Crippen molar-refractivity contribution in [2.24, 2.45) is 5.73 Å². The van der Waals surface area contributed by atoms with Crippen molar-refractivity contribution in [1.82, 2.24) is 5.32 Å². The molecule has 17 heavy (non-hydrogen) atoms. The van der Waals surface area contributed by atoms with E-state index in [0.717, 1.165) is 0 Å². The molecule has 0 saturated carbocycles. The van der Waals surface area contributed by atoms with Gasteiger partial charge in [-0.15, -0.1) is 0 Å². The van der Waals surface area contributed by atoms with Gasteiger partial charge in [0.1, 0.15) is 5.82 Å². The van der Waals surface area contributed by atoms with E-state index < -0.39 is 17.3 Å². The number of nitrogens with one attached hydrogen (secondary N) is 1. The van der Waals surface area contributed by atoms with E-state index in [4.69, 9.17) is 17.3 Å². The van der Waals surface area contributed by atoms with Crippen LogP contribution in [0.25, 0.3) is 0 Å². The summed E-state index contributed by atoms with van der Waals surface area (Å²) in [6.45, 7) is 3.95. The van der Waals surface area contributed by atoms with E-state index in [1.165, 1.54) is 12.1 Å². The quantitative estimate of drug-likeness (QED) is 0.851. The molecule has 0 bridgehead atoms. The van der Waals surface area contributed by atoms with E-state index in [1.54, 1.807) is 13.0 Å². The van der Waals surface area contributed by atoms with E-state index in [0.29, 0.717) is 18.5 Å². The molecule has 1 aromatic carbocycles. The largest absolute Gasteiger partial charge is 0.368 e. The zero-order valence-electron chi connectivity index (χ0n) is 9.89. The van der Waals surface area contributed by atoms with E-state index in [1.807, 2.05) is 6.92 Å². The van der Waals surface area contributed by atoms with Crippen LogP contribution in [0.15, 0.2) is 18.2 Å². The van der Waals surface area contributed by atoms with Crippen LogP contribution in [0.1, 0.15) is 25.8 Å². The van der Waals surface area contributed by atoms with Gasteiger partial charge in [0.05, 0.1) is 10.6 Å². The number of benzene rings is 1. The molecular formula is C12H16ClFN2O. The molecule has 1 rings (SSSR count). The lowest BCUT2D eigenvalue weighted by atomic mass is 9.97. The van der Waals surface area contributed by atoms with Gasteiger partial charge >= 0.3 is 0 Å². The van der Waals surface area contributed by atoms with Crippen molar-refractivity contribution in [2.45, 2.75) is 32.4 Å². The third kappa shape index (κ3) is 3.41. The molecule has 0 fully saturated rings. The Hall–Kier alpha value is -1.13. The summed E-state index contributed by atoms with van der Waals surface area (Å²) in [6, 6.07) is 4.53. The molecule has 0 aliphatic carbocycles. The first-order valence-electron chi connectivity index (χ1n) is 5.38. The van der Waals surface area contributed by atoms with Crippen LogP contribution < -0.4 is 11.1 Å². The summed E-state index contributed by atoms with van der Waals surface area (Å²) < 4.78 is 13.2. The Labute approximate surface area is 105 Å². The number of halogens is 2. The van der Waals surface area contributed by atoms with Gasteiger partial charge in [0.25, 0.3) is 0 Å². The highest BCUT2D eigenvalue weighted by Crippen LogP contribution is 2.16. The lowest BCUT2D eigenvalue weighted by Gasteiger charge is -2.26. The van der Waals surface area contributed by atoms with Gasteiger partial charge in [-0.1, -0.05) is 24.6 Å². The van der Waals surface area contributed by atoms with Crippen LogP contribution in [0.3, 0.4) is 0 Å². The number of carbonyl (C=O) groups is 1. The first-order chi connectivity index (χ1) is 7.89. The van der Waals surface area contributed by atoms with Crippen LogP contribution in [0.4, 0.5) is 4.39 Å². The molecule has 0 aliphatic heterocycles. The zero-order valence-corrected chi connectivity index (χ0v) is 10.6. The lowest BCUT2D eigenvalue weighted by molar-refractivity contribution is -0.124. The van der Waals surface area contributed by atoms with Crippen LogP contribution in [0.5, 0.6) is 0 Å². The van der Waals surface area contributed by atoms with Gasteiger partial charge in [-0.05, 0) is 31.0 Å². The maximum Gasteiger partial charge on any atom is 0.237 e. The summed E-state index contributed by atoms with van der Waals surface area (Å²) in [5.74, 6) is -0.891. The van der Waals surface area contributed by atoms with Crippen molar-refractivity contribution in [2.75, 3.05) is 0 Å². The highest BCUT2D eigenvalue weighted by atomic mass is 35.5. The standard InChI is InChI=1S/C12H16ClFN2O/c1-3-12(2,11(15)17)16-7-8-4-5-9(13)10(14)6-8/h4-6,16H,3,7H2,1-2H3,(H2,15,17)/t12-/m1/s1. The van der Waals surface area contributed by atoms with Crippen LogP contribution in [-0.2, 0) is 11.3 Å². The SMILES string of the molecule is CC[C@@](C)(NCc1ccc(Cl)c(F)c1)C(N)=O. The smallest absolute Gasteiger partial charge is 0.237 e. The predicted octanol–water partition coefficient (Wildman–Crippen LogP) is 2.22. The van der Waals surface area contributed by atoms with E-state index >= 15 is 0 Å². The second-order valence-electron chi connectivity index (χ2n) is 4.15. The normalized spacial score (nSPS) is 14.4. The van der Waals surface area contributed by atoms with E-state index in [9.17, 15) is 9.18 Å². The first kappa shape index (κ1) is 13.9. The Morgan fingerprint density at radius 3 is 2.71 bits per heavy atom. The predicted molar refractivity (Wildman–Crippen MR) is 66.1 cm³/mol. The third-order valence-corrected chi connectivity index (χ3v) is 3.22. The molecule has 0 aliphatic rings. The fourth-order valence-corrected chi connectivity index (χ4v) is 1.45. The fraction of sp³-hybridized carbons (Fsp3) is 0.417. The summed E-state index contributed by atoms with van der Waals surface area (Å²) in [5, 5.41) is 3.11. The molecule has 0 aromatic heterocycles. The number of carbonyl (C=O) groups excluding carboxylic acids is 1. The Morgan fingerprint density at radius 2 is 2.24 bits per heavy atom. The van der Waals surface area contributed by atoms with E-state index in [-0.39, 0.29) is 5.02 Å². The number of hydrogen-bond donors (Lipinski definition) is 2. The third-order valence-electron chi connectivity index (χ3n) is 2.92. The number of rotatable bonds is 5. The molecule has 0 radical (unpaired) electrons. The maximum atomic E-state index is 13.2. The first-order valence-corrected chi connectivity index (χ1v) is 5.75. The monoisotopic (exact) mass is 258 g/mol. The Kier molecular flexibility index (Phi) is 4.48. The molecular weight excluding hydrogens is 243 g/mol. The van der Waals surface area contributed by atoms with Gasteiger partial charge < -0.3 is 5.73 Å². The van der Waals surface area contributed by atoms with Gasteiger partial charge in [-0.2, -0.15) is 0 Å². The Morgan fingerprint density at radius 1 is 1.59 bits per heavy atom. The Bertz CT molecular complexity index is 425. The average Bonchev–Trinajstić information content (AvgIpc) is 2.30. The Balaban J connectivity index is 2.73. The van der Waals surface area contributed by atoms with Crippen molar-refractivity contribution in [1.29, 1.82) is 0 Å². The minimum atomic E-state index is -0.782. The molecule has 1 aromatic rings. The summed E-state index contributed by atoms with van der Waals surface area (Å²) in [7, 11) is 0. The van der Waals surface area contributed by atoms with Crippen molar-refractivity contribution in [3.05, 3.63) is 34.6 Å². The van der Waals surface area contributed by atoms with Gasteiger partial charge in [0.2, 0.25) is 5.91 Å². The van der Waals surface area contributed by atoms with Crippen molar-refractivity contribution < 1.29 is 9.18 Å². The highest BCUT2D eigenvalue weighted by molar-refractivity contribution is 6.30. The molecule has 3 nitrogen and oxygen atoms in total. The second-order valence-corrected chi connectivity index (χ2v) is 4.56. The summed E-state index contributed by atoms with van der Waals surface area (Å²) in [6.07, 6.45) is 0.568. The fourth-order valence-electron chi connectivity index (χ4n) is 1.33. The molecule has 5 heteroatoms. The summed E-state index contributed by atoms with van der Waals surface area (Å²) in [5.41, 5.74) is 5.24. The highest BCUT2D eigenvalue weighted by Gasteiger charge is 2.27. The van der Waals surface area contributed by atoms with Gasteiger partial charge in [0.15, 0.2) is 0 Å².